The predicted molar refractivity (Wildman–Crippen MR) is 328 cm³/mol. The summed E-state index contributed by atoms with van der Waals surface area (Å²) >= 11 is 15.5. The highest BCUT2D eigenvalue weighted by molar-refractivity contribution is 14.1. The van der Waals surface area contributed by atoms with Crippen molar-refractivity contribution in [2.24, 2.45) is 5.92 Å². The maximum atomic E-state index is 14.6. The normalized spacial score (nSPS) is 15.6. The summed E-state index contributed by atoms with van der Waals surface area (Å²) in [6, 6.07) is 27.5. The number of rotatable bonds is 26. The van der Waals surface area contributed by atoms with Crippen LogP contribution in [0.4, 0.5) is 11.4 Å². The van der Waals surface area contributed by atoms with E-state index in [1.165, 1.54) is 28.6 Å². The molecule has 0 atom stereocenters. The summed E-state index contributed by atoms with van der Waals surface area (Å²) in [6.07, 6.45) is 12.4. The average Bonchev–Trinajstić information content (AvgIpc) is 4.20. The smallest absolute Gasteiger partial charge is 0.257 e. The van der Waals surface area contributed by atoms with Crippen LogP contribution in [-0.4, -0.2) is 95.6 Å². The Labute approximate surface area is 500 Å². The zero-order valence-corrected chi connectivity index (χ0v) is 51.8. The Bertz CT molecular complexity index is 3210. The van der Waals surface area contributed by atoms with Crippen molar-refractivity contribution in [2.75, 3.05) is 57.0 Å². The largest absolute Gasteiger partial charge is 0.481 e. The first-order valence-corrected chi connectivity index (χ1v) is 32.8. The zero-order chi connectivity index (χ0) is 56.1. The number of carbonyl (C=O) groups is 3. The molecule has 8 rings (SSSR count). The highest BCUT2D eigenvalue weighted by atomic mass is 127. The van der Waals surface area contributed by atoms with E-state index in [2.05, 4.69) is 81.0 Å². The van der Waals surface area contributed by atoms with Crippen LogP contribution in [0, 0.1) is 9.49 Å². The first-order chi connectivity index (χ1) is 38.0. The summed E-state index contributed by atoms with van der Waals surface area (Å²) < 4.78 is 68.9. The number of benzene rings is 5. The van der Waals surface area contributed by atoms with Crippen molar-refractivity contribution in [3.05, 3.63) is 142 Å². The van der Waals surface area contributed by atoms with Gasteiger partial charge in [-0.3, -0.25) is 14.4 Å². The molecule has 2 heterocycles. The van der Waals surface area contributed by atoms with E-state index in [0.29, 0.717) is 61.7 Å². The summed E-state index contributed by atoms with van der Waals surface area (Å²) in [6.45, 7) is 3.01. The van der Waals surface area contributed by atoms with Crippen LogP contribution in [-0.2, 0) is 42.7 Å². The number of fused-ring (bicyclic) bond motifs is 1. The minimum atomic E-state index is -4.09. The number of piperidine rings is 1. The second-order valence-corrected chi connectivity index (χ2v) is 27.5. The minimum absolute atomic E-state index is 0.0121. The molecule has 0 unspecified atom stereocenters. The molecule has 0 aromatic heterocycles. The van der Waals surface area contributed by atoms with Crippen LogP contribution < -0.4 is 31.3 Å². The van der Waals surface area contributed by atoms with Crippen LogP contribution in [0.2, 0.25) is 5.02 Å². The number of hydrogen-bond acceptors (Lipinski definition) is 10. The Hall–Kier alpha value is -4.39. The monoisotopic (exact) mass is 1370 g/mol. The molecule has 0 spiro atoms. The van der Waals surface area contributed by atoms with Gasteiger partial charge in [0.25, 0.3) is 17.7 Å². The van der Waals surface area contributed by atoms with E-state index < -0.39 is 20.0 Å². The average molecular weight is 1380 g/mol. The molecule has 1 saturated carbocycles. The van der Waals surface area contributed by atoms with Gasteiger partial charge in [0.05, 0.1) is 24.3 Å². The lowest BCUT2D eigenvalue weighted by molar-refractivity contribution is -0.123. The van der Waals surface area contributed by atoms with Crippen LogP contribution in [0.5, 0.6) is 5.75 Å². The second-order valence-electron chi connectivity index (χ2n) is 20.2. The number of unbranched alkanes of at least 4 members (excludes halogenated alkanes) is 5. The Balaban J connectivity index is 0.775. The number of nitrogens with zero attached hydrogens (tertiary/aromatic N) is 2. The van der Waals surface area contributed by atoms with E-state index in [4.69, 9.17) is 16.3 Å². The topological polar surface area (TPSA) is 195 Å². The SMILES string of the molecule is CNc1cc(CN(CC2CCNCC2)S(=O)(=O)c2ccc(S(=O)(=O)N(Cc3ccc(Cl)cc3)C3CCCC3)cc2)ccc1C(=O)NCCCCCCCCNC(=O)COc1c(Br)cc(/C=C2\C(=O)Nc3ccc(I)cc32)cc1Br. The molecule has 1 aliphatic carbocycles. The zero-order valence-electron chi connectivity index (χ0n) is 44.1. The van der Waals surface area contributed by atoms with Gasteiger partial charge in [0, 0.05) is 76.9 Å². The van der Waals surface area contributed by atoms with Crippen molar-refractivity contribution in [3.63, 3.8) is 0 Å². The van der Waals surface area contributed by atoms with Gasteiger partial charge < -0.3 is 31.3 Å². The van der Waals surface area contributed by atoms with Gasteiger partial charge in [0.15, 0.2) is 6.61 Å². The molecule has 21 heteroatoms. The molecule has 3 amide bonds. The highest BCUT2D eigenvalue weighted by Gasteiger charge is 2.35. The molecule has 79 heavy (non-hydrogen) atoms. The van der Waals surface area contributed by atoms with Crippen molar-refractivity contribution in [2.45, 2.75) is 106 Å². The van der Waals surface area contributed by atoms with E-state index in [9.17, 15) is 31.2 Å². The third-order valence-electron chi connectivity index (χ3n) is 14.6. The van der Waals surface area contributed by atoms with Crippen molar-refractivity contribution in [1.82, 2.24) is 24.6 Å². The number of carbonyl (C=O) groups excluding carboxylic acids is 3. The van der Waals surface area contributed by atoms with E-state index in [0.717, 1.165) is 116 Å². The molecule has 422 valence electrons. The molecule has 2 fully saturated rings. The lowest BCUT2D eigenvalue weighted by Gasteiger charge is -2.30. The summed E-state index contributed by atoms with van der Waals surface area (Å²) in [7, 11) is -6.33. The van der Waals surface area contributed by atoms with E-state index in [1.807, 2.05) is 54.6 Å². The van der Waals surface area contributed by atoms with Gasteiger partial charge >= 0.3 is 0 Å². The summed E-state index contributed by atoms with van der Waals surface area (Å²) in [5.41, 5.74) is 5.55. The van der Waals surface area contributed by atoms with Crippen molar-refractivity contribution in [3.8, 4) is 5.75 Å². The van der Waals surface area contributed by atoms with Gasteiger partial charge in [-0.2, -0.15) is 8.61 Å². The van der Waals surface area contributed by atoms with Crippen LogP contribution >= 0.6 is 66.1 Å². The fraction of sp³-hybridized carbons (Fsp3) is 0.397. The van der Waals surface area contributed by atoms with Crippen LogP contribution in [0.3, 0.4) is 0 Å². The summed E-state index contributed by atoms with van der Waals surface area (Å²) in [5.74, 6) is 0.00272. The minimum Gasteiger partial charge on any atom is -0.481 e. The van der Waals surface area contributed by atoms with E-state index >= 15 is 0 Å². The number of ether oxygens (including phenoxy) is 1. The highest BCUT2D eigenvalue weighted by Crippen LogP contribution is 2.39. The Morgan fingerprint density at radius 2 is 1.38 bits per heavy atom. The van der Waals surface area contributed by atoms with Gasteiger partial charge in [-0.25, -0.2) is 16.8 Å². The fourth-order valence-corrected chi connectivity index (χ4v) is 15.5. The second kappa shape index (κ2) is 28.5. The van der Waals surface area contributed by atoms with Crippen molar-refractivity contribution >= 4 is 127 Å². The number of amides is 3. The molecule has 5 aromatic carbocycles. The number of nitrogens with one attached hydrogen (secondary N) is 5. The Kier molecular flexibility index (Phi) is 21.9. The van der Waals surface area contributed by atoms with Crippen molar-refractivity contribution < 1.29 is 36.0 Å². The number of halogens is 4. The molecule has 1 saturated heterocycles. The molecule has 5 N–H and O–H groups in total. The third-order valence-corrected chi connectivity index (χ3v) is 20.4. The Morgan fingerprint density at radius 3 is 2.04 bits per heavy atom. The number of anilines is 2. The lowest BCUT2D eigenvalue weighted by atomic mass is 9.98. The van der Waals surface area contributed by atoms with Crippen LogP contribution in [0.25, 0.3) is 11.6 Å². The maximum Gasteiger partial charge on any atom is 0.257 e. The van der Waals surface area contributed by atoms with Gasteiger partial charge in [0.1, 0.15) is 5.75 Å². The van der Waals surface area contributed by atoms with E-state index in [1.54, 1.807) is 35.6 Å². The van der Waals surface area contributed by atoms with Crippen molar-refractivity contribution in [1.29, 1.82) is 0 Å². The van der Waals surface area contributed by atoms with Gasteiger partial charge in [-0.05, 0) is 214 Å². The molecular formula is C58H67Br2ClIN7O8S2. The quantitative estimate of drug-likeness (QED) is 0.0202. The van der Waals surface area contributed by atoms with E-state index in [-0.39, 0.29) is 59.2 Å². The Morgan fingerprint density at radius 1 is 0.759 bits per heavy atom. The summed E-state index contributed by atoms with van der Waals surface area (Å²) in [5, 5.41) is 15.9. The first kappa shape index (κ1) is 60.7. The van der Waals surface area contributed by atoms with Gasteiger partial charge in [-0.1, -0.05) is 68.3 Å². The van der Waals surface area contributed by atoms with Gasteiger partial charge in [-0.15, -0.1) is 0 Å². The van der Waals surface area contributed by atoms with Crippen LogP contribution in [0.15, 0.2) is 116 Å². The molecular weight excluding hydrogens is 1310 g/mol. The molecule has 3 aliphatic rings. The standard InChI is InChI=1S/C58H67Br2ClIN7O8S2/c1-63-54-33-41(36-68(35-40-24-28-64-29-25-40)78(73,74)46-18-20-47(21-19-46)79(75,76)69(45-10-6-7-11-45)37-39-12-15-43(61)16-13-39)14-22-48(54)57(71)66-27-9-5-3-2-4-8-26-65-55(70)38-77-56-51(59)31-42(32-52(56)60)30-50-49-34-44(62)17-23-53(49)67-58(50)72/h12-23,30-34,40,45,63-64H,2-11,24-29,35-38H2,1H3,(H,65,70)(H,66,71)(H,67,72)/b50-30-. The third kappa shape index (κ3) is 16.2. The van der Waals surface area contributed by atoms with Gasteiger partial charge in [0.2, 0.25) is 20.0 Å². The predicted octanol–water partition coefficient (Wildman–Crippen LogP) is 11.6. The number of sulfonamides is 2. The van der Waals surface area contributed by atoms with Crippen LogP contribution in [0.1, 0.15) is 110 Å². The molecule has 0 bridgehead atoms. The number of hydrogen-bond donors (Lipinski definition) is 5. The molecule has 0 radical (unpaired) electrons. The fourth-order valence-electron chi connectivity index (χ4n) is 10.3. The molecule has 2 aliphatic heterocycles. The lowest BCUT2D eigenvalue weighted by Crippen LogP contribution is -2.39. The maximum absolute atomic E-state index is 14.6. The summed E-state index contributed by atoms with van der Waals surface area (Å²) in [4.78, 5) is 38.9. The first-order valence-electron chi connectivity index (χ1n) is 26.9. The molecule has 15 nitrogen and oxygen atoms in total. The molecule has 5 aromatic rings.